The highest BCUT2D eigenvalue weighted by Gasteiger charge is 2.22. The molecule has 2 aromatic rings. The number of aromatic amines is 1. The zero-order valence-electron chi connectivity index (χ0n) is 10.8. The number of para-hydroxylation sites is 1. The zero-order valence-corrected chi connectivity index (χ0v) is 12.4. The molecule has 5 heteroatoms. The van der Waals surface area contributed by atoms with Crippen molar-refractivity contribution in [3.8, 4) is 0 Å². The van der Waals surface area contributed by atoms with Crippen LogP contribution in [0.5, 0.6) is 0 Å². The van der Waals surface area contributed by atoms with Gasteiger partial charge in [0, 0.05) is 29.5 Å². The highest BCUT2D eigenvalue weighted by Crippen LogP contribution is 2.28. The summed E-state index contributed by atoms with van der Waals surface area (Å²) < 4.78 is 0.784. The molecule has 2 atom stereocenters. The molecule has 3 N–H and O–H groups in total. The van der Waals surface area contributed by atoms with Gasteiger partial charge < -0.3 is 15.4 Å². The Bertz CT molecular complexity index is 678. The van der Waals surface area contributed by atoms with Gasteiger partial charge in [-0.2, -0.15) is 0 Å². The average Bonchev–Trinajstić information content (AvgIpc) is 3.04. The van der Waals surface area contributed by atoms with E-state index in [9.17, 15) is 4.79 Å². The van der Waals surface area contributed by atoms with Gasteiger partial charge in [-0.25, -0.2) is 0 Å². The molecule has 0 aliphatic heterocycles. The first kappa shape index (κ1) is 13.4. The molecule has 1 aliphatic rings. The number of carbonyl (C=O) groups excluding carboxylic acids is 1. The van der Waals surface area contributed by atoms with Crippen LogP contribution in [-0.4, -0.2) is 28.6 Å². The van der Waals surface area contributed by atoms with Crippen LogP contribution < -0.4 is 5.32 Å². The number of benzene rings is 1. The number of rotatable bonds is 3. The van der Waals surface area contributed by atoms with E-state index in [0.29, 0.717) is 5.69 Å². The topological polar surface area (TPSA) is 65.1 Å². The van der Waals surface area contributed by atoms with Gasteiger partial charge >= 0.3 is 0 Å². The molecule has 3 rings (SSSR count). The number of fused-ring (bicyclic) bond motifs is 1. The largest absolute Gasteiger partial charge is 0.396 e. The van der Waals surface area contributed by atoms with Crippen molar-refractivity contribution in [3.63, 3.8) is 0 Å². The lowest BCUT2D eigenvalue weighted by Crippen LogP contribution is -2.33. The maximum absolute atomic E-state index is 12.3. The van der Waals surface area contributed by atoms with Crippen LogP contribution in [0.15, 0.2) is 40.9 Å². The van der Waals surface area contributed by atoms with E-state index in [-0.39, 0.29) is 24.5 Å². The van der Waals surface area contributed by atoms with Gasteiger partial charge in [0.2, 0.25) is 0 Å². The summed E-state index contributed by atoms with van der Waals surface area (Å²) in [6.45, 7) is 0.124. The molecule has 0 bridgehead atoms. The summed E-state index contributed by atoms with van der Waals surface area (Å²) in [5.74, 6) is 0.00719. The van der Waals surface area contributed by atoms with Crippen molar-refractivity contribution in [1.82, 2.24) is 10.3 Å². The van der Waals surface area contributed by atoms with E-state index >= 15 is 0 Å². The Morgan fingerprint density at radius 2 is 2.20 bits per heavy atom. The van der Waals surface area contributed by atoms with E-state index in [2.05, 4.69) is 26.2 Å². The Morgan fingerprint density at radius 1 is 1.40 bits per heavy atom. The lowest BCUT2D eigenvalue weighted by molar-refractivity contribution is 0.0936. The Balaban J connectivity index is 1.79. The van der Waals surface area contributed by atoms with Crippen LogP contribution in [0, 0.1) is 5.92 Å². The molecule has 4 nitrogen and oxygen atoms in total. The van der Waals surface area contributed by atoms with E-state index in [1.54, 1.807) is 0 Å². The summed E-state index contributed by atoms with van der Waals surface area (Å²) in [6.07, 6.45) is 4.64. The summed E-state index contributed by atoms with van der Waals surface area (Å²) in [4.78, 5) is 15.4. The molecule has 0 spiro atoms. The lowest BCUT2D eigenvalue weighted by Gasteiger charge is -2.12. The molecule has 1 aromatic heterocycles. The lowest BCUT2D eigenvalue weighted by atomic mass is 10.1. The molecule has 0 fully saturated rings. The highest BCUT2D eigenvalue weighted by atomic mass is 79.9. The van der Waals surface area contributed by atoms with Gasteiger partial charge in [-0.3, -0.25) is 4.79 Å². The monoisotopic (exact) mass is 334 g/mol. The first-order valence-corrected chi connectivity index (χ1v) is 7.34. The molecular formula is C15H15BrN2O2. The van der Waals surface area contributed by atoms with Crippen LogP contribution >= 0.6 is 15.9 Å². The fourth-order valence-corrected chi connectivity index (χ4v) is 3.15. The van der Waals surface area contributed by atoms with Crippen molar-refractivity contribution >= 4 is 32.7 Å². The van der Waals surface area contributed by atoms with Crippen molar-refractivity contribution in [2.75, 3.05) is 6.61 Å². The summed E-state index contributed by atoms with van der Waals surface area (Å²) in [6, 6.07) is 7.75. The number of hydrogen-bond donors (Lipinski definition) is 3. The van der Waals surface area contributed by atoms with Crippen LogP contribution in [0.1, 0.15) is 16.9 Å². The van der Waals surface area contributed by atoms with Crippen molar-refractivity contribution in [2.24, 2.45) is 5.92 Å². The summed E-state index contributed by atoms with van der Waals surface area (Å²) in [7, 11) is 0. The molecule has 1 amide bonds. The number of halogens is 1. The predicted octanol–water partition coefficient (Wildman–Crippen LogP) is 2.60. The number of carbonyl (C=O) groups is 1. The fraction of sp³-hybridized carbons (Fsp3) is 0.267. The molecule has 1 aliphatic carbocycles. The summed E-state index contributed by atoms with van der Waals surface area (Å²) in [5.41, 5.74) is 1.46. The van der Waals surface area contributed by atoms with Crippen molar-refractivity contribution in [3.05, 3.63) is 46.6 Å². The average molecular weight is 335 g/mol. The Labute approximate surface area is 125 Å². The number of H-pyrrole nitrogens is 1. The van der Waals surface area contributed by atoms with E-state index in [1.807, 2.05) is 36.4 Å². The maximum atomic E-state index is 12.3. The van der Waals surface area contributed by atoms with Crippen LogP contribution in [-0.2, 0) is 0 Å². The molecule has 0 saturated carbocycles. The van der Waals surface area contributed by atoms with Gasteiger partial charge in [-0.05, 0) is 28.4 Å². The highest BCUT2D eigenvalue weighted by molar-refractivity contribution is 9.10. The van der Waals surface area contributed by atoms with Crippen LogP contribution in [0.25, 0.3) is 10.9 Å². The predicted molar refractivity (Wildman–Crippen MR) is 81.6 cm³/mol. The minimum Gasteiger partial charge on any atom is -0.396 e. The van der Waals surface area contributed by atoms with Crippen LogP contribution in [0.4, 0.5) is 0 Å². The second-order valence-electron chi connectivity index (χ2n) is 5.00. The second kappa shape index (κ2) is 5.42. The Hall–Kier alpha value is -1.59. The van der Waals surface area contributed by atoms with E-state index in [0.717, 1.165) is 21.8 Å². The maximum Gasteiger partial charge on any atom is 0.269 e. The number of aliphatic hydroxyl groups is 1. The normalized spacial score (nSPS) is 21.5. The van der Waals surface area contributed by atoms with Crippen molar-refractivity contribution < 1.29 is 9.90 Å². The van der Waals surface area contributed by atoms with Gasteiger partial charge in [0.05, 0.1) is 4.47 Å². The summed E-state index contributed by atoms with van der Waals surface area (Å²) >= 11 is 3.48. The van der Waals surface area contributed by atoms with Gasteiger partial charge in [-0.1, -0.05) is 30.4 Å². The van der Waals surface area contributed by atoms with E-state index in [1.165, 1.54) is 0 Å². The van der Waals surface area contributed by atoms with Gasteiger partial charge in [0.25, 0.3) is 5.91 Å². The zero-order chi connectivity index (χ0) is 14.1. The first-order chi connectivity index (χ1) is 9.69. The molecule has 0 saturated heterocycles. The molecule has 1 heterocycles. The van der Waals surface area contributed by atoms with E-state index < -0.39 is 0 Å². The number of amides is 1. The van der Waals surface area contributed by atoms with Gasteiger partial charge in [-0.15, -0.1) is 0 Å². The molecule has 0 unspecified atom stereocenters. The Kier molecular flexibility index (Phi) is 3.63. The number of aliphatic hydroxyl groups excluding tert-OH is 1. The molecule has 0 radical (unpaired) electrons. The third kappa shape index (κ3) is 2.39. The van der Waals surface area contributed by atoms with Crippen LogP contribution in [0.3, 0.4) is 0 Å². The number of nitrogens with one attached hydrogen (secondary N) is 2. The number of aromatic nitrogens is 1. The van der Waals surface area contributed by atoms with Gasteiger partial charge in [0.1, 0.15) is 5.69 Å². The standard InChI is InChI=1S/C15H15BrN2O2/c16-13-11-3-1-2-4-12(11)18-14(13)15(20)17-10-6-5-9(7-10)8-19/h1-6,9-10,18-19H,7-8H2,(H,17,20)/t9-,10+/m0/s1. The third-order valence-corrected chi connectivity index (χ3v) is 4.42. The SMILES string of the molecule is O=C(N[C@@H]1C=C[C@H](CO)C1)c1[nH]c2ccccc2c1Br. The van der Waals surface area contributed by atoms with E-state index in [4.69, 9.17) is 5.11 Å². The van der Waals surface area contributed by atoms with Crippen molar-refractivity contribution in [2.45, 2.75) is 12.5 Å². The Morgan fingerprint density at radius 3 is 2.90 bits per heavy atom. The molecule has 104 valence electrons. The molecule has 20 heavy (non-hydrogen) atoms. The molecule has 1 aromatic carbocycles. The number of hydrogen-bond acceptors (Lipinski definition) is 2. The quantitative estimate of drug-likeness (QED) is 0.755. The van der Waals surface area contributed by atoms with Crippen molar-refractivity contribution in [1.29, 1.82) is 0 Å². The van der Waals surface area contributed by atoms with Crippen LogP contribution in [0.2, 0.25) is 0 Å². The molecular weight excluding hydrogens is 320 g/mol. The van der Waals surface area contributed by atoms with Gasteiger partial charge in [0.15, 0.2) is 0 Å². The second-order valence-corrected chi connectivity index (χ2v) is 5.80. The summed E-state index contributed by atoms with van der Waals surface area (Å²) in [5, 5.41) is 13.1. The smallest absolute Gasteiger partial charge is 0.269 e. The fourth-order valence-electron chi connectivity index (χ4n) is 2.52. The first-order valence-electron chi connectivity index (χ1n) is 6.55. The minimum absolute atomic E-state index is 0.0158. The third-order valence-electron chi connectivity index (χ3n) is 3.59. The minimum atomic E-state index is -0.138.